The molecule has 1 amide bonds. The summed E-state index contributed by atoms with van der Waals surface area (Å²) in [5, 5.41) is 5.37. The largest absolute Gasteiger partial charge is 0.468 e. The van der Waals surface area contributed by atoms with Crippen molar-refractivity contribution >= 4 is 17.6 Å². The lowest BCUT2D eigenvalue weighted by molar-refractivity contribution is -0.138. The normalized spacial score (nSPS) is 9.38. The molecule has 5 heteroatoms. The number of hydrogen-bond acceptors (Lipinski definition) is 4. The molecule has 0 atom stereocenters. The Balaban J connectivity index is 2.79. The zero-order valence-electron chi connectivity index (χ0n) is 9.24. The van der Waals surface area contributed by atoms with E-state index in [4.69, 9.17) is 0 Å². The van der Waals surface area contributed by atoms with Gasteiger partial charge in [-0.25, -0.2) is 0 Å². The second kappa shape index (κ2) is 5.75. The number of esters is 1. The van der Waals surface area contributed by atoms with Crippen LogP contribution in [-0.4, -0.2) is 32.6 Å². The Morgan fingerprint density at radius 1 is 1.31 bits per heavy atom. The zero-order chi connectivity index (χ0) is 12.0. The highest BCUT2D eigenvalue weighted by atomic mass is 16.5. The van der Waals surface area contributed by atoms with Crippen LogP contribution in [0, 0.1) is 0 Å². The van der Waals surface area contributed by atoms with Crippen molar-refractivity contribution in [2.45, 2.75) is 0 Å². The number of carbonyl (C=O) groups is 2. The zero-order valence-corrected chi connectivity index (χ0v) is 9.24. The van der Waals surface area contributed by atoms with Crippen LogP contribution in [0.2, 0.25) is 0 Å². The number of rotatable bonds is 4. The summed E-state index contributed by atoms with van der Waals surface area (Å²) in [7, 11) is 2.87. The molecule has 0 radical (unpaired) electrons. The average Bonchev–Trinajstić information content (AvgIpc) is 2.35. The summed E-state index contributed by atoms with van der Waals surface area (Å²) in [5.74, 6) is -0.584. The third-order valence-electron chi connectivity index (χ3n) is 2.05. The van der Waals surface area contributed by atoms with Crippen molar-refractivity contribution in [2.24, 2.45) is 0 Å². The highest BCUT2D eigenvalue weighted by Gasteiger charge is 2.09. The molecule has 1 rings (SSSR count). The molecular weight excluding hydrogens is 208 g/mol. The molecule has 0 unspecified atom stereocenters. The third-order valence-corrected chi connectivity index (χ3v) is 2.05. The van der Waals surface area contributed by atoms with Gasteiger partial charge in [0.15, 0.2) is 0 Å². The van der Waals surface area contributed by atoms with Crippen LogP contribution in [0.25, 0.3) is 0 Å². The van der Waals surface area contributed by atoms with Crippen LogP contribution in [0.1, 0.15) is 10.4 Å². The van der Waals surface area contributed by atoms with E-state index in [1.807, 2.05) is 0 Å². The van der Waals surface area contributed by atoms with Crippen molar-refractivity contribution in [1.82, 2.24) is 5.32 Å². The van der Waals surface area contributed by atoms with Crippen LogP contribution >= 0.6 is 0 Å². The molecule has 0 aromatic heterocycles. The number of carbonyl (C=O) groups excluding carboxylic acids is 2. The number of hydrogen-bond donors (Lipinski definition) is 2. The van der Waals surface area contributed by atoms with E-state index in [0.29, 0.717) is 11.3 Å². The maximum absolute atomic E-state index is 11.5. The number of para-hydroxylation sites is 1. The maximum atomic E-state index is 11.5. The molecule has 0 spiro atoms. The van der Waals surface area contributed by atoms with Gasteiger partial charge in [0.05, 0.1) is 12.7 Å². The highest BCUT2D eigenvalue weighted by Crippen LogP contribution is 2.14. The van der Waals surface area contributed by atoms with Crippen LogP contribution in [0.4, 0.5) is 5.69 Å². The summed E-state index contributed by atoms with van der Waals surface area (Å²) in [6.07, 6.45) is 0. The van der Waals surface area contributed by atoms with Crippen molar-refractivity contribution in [3.63, 3.8) is 0 Å². The monoisotopic (exact) mass is 222 g/mol. The van der Waals surface area contributed by atoms with Crippen LogP contribution in [0.15, 0.2) is 24.3 Å². The second-order valence-corrected chi connectivity index (χ2v) is 3.05. The number of nitrogens with one attached hydrogen (secondary N) is 2. The smallest absolute Gasteiger partial charge is 0.325 e. The first-order valence-corrected chi connectivity index (χ1v) is 4.81. The van der Waals surface area contributed by atoms with Crippen molar-refractivity contribution in [3.8, 4) is 0 Å². The van der Waals surface area contributed by atoms with Crippen LogP contribution in [0.3, 0.4) is 0 Å². The molecule has 0 aliphatic heterocycles. The Bertz CT molecular complexity index is 391. The summed E-state index contributed by atoms with van der Waals surface area (Å²) < 4.78 is 4.50. The number of amides is 1. The Labute approximate surface area is 93.8 Å². The van der Waals surface area contributed by atoms with Gasteiger partial charge in [-0.2, -0.15) is 0 Å². The molecule has 1 aromatic rings. The highest BCUT2D eigenvalue weighted by molar-refractivity contribution is 5.99. The molecule has 0 heterocycles. The van der Waals surface area contributed by atoms with E-state index in [1.54, 1.807) is 31.3 Å². The molecule has 0 aliphatic carbocycles. The van der Waals surface area contributed by atoms with E-state index in [1.165, 1.54) is 7.11 Å². The fourth-order valence-corrected chi connectivity index (χ4v) is 1.21. The Kier molecular flexibility index (Phi) is 4.32. The molecular formula is C11H14N2O3. The topological polar surface area (TPSA) is 67.4 Å². The number of ether oxygens (including phenoxy) is 1. The van der Waals surface area contributed by atoms with Crippen molar-refractivity contribution in [3.05, 3.63) is 29.8 Å². The first-order chi connectivity index (χ1) is 7.69. The summed E-state index contributed by atoms with van der Waals surface area (Å²) >= 11 is 0. The molecule has 86 valence electrons. The van der Waals surface area contributed by atoms with Gasteiger partial charge in [-0.05, 0) is 12.1 Å². The van der Waals surface area contributed by atoms with Gasteiger partial charge in [-0.15, -0.1) is 0 Å². The predicted molar refractivity (Wildman–Crippen MR) is 60.3 cm³/mol. The first-order valence-electron chi connectivity index (χ1n) is 4.81. The van der Waals surface area contributed by atoms with Crippen molar-refractivity contribution in [2.75, 3.05) is 26.0 Å². The summed E-state index contributed by atoms with van der Waals surface area (Å²) in [4.78, 5) is 22.4. The summed E-state index contributed by atoms with van der Waals surface area (Å²) in [5.41, 5.74) is 1.10. The van der Waals surface area contributed by atoms with Gasteiger partial charge in [-0.1, -0.05) is 12.1 Å². The summed E-state index contributed by atoms with van der Waals surface area (Å²) in [6, 6.07) is 6.95. The molecule has 0 saturated heterocycles. The summed E-state index contributed by atoms with van der Waals surface area (Å²) in [6.45, 7) is 0.0322. The maximum Gasteiger partial charge on any atom is 0.325 e. The van der Waals surface area contributed by atoms with Gasteiger partial charge in [0, 0.05) is 12.7 Å². The van der Waals surface area contributed by atoms with Crippen LogP contribution in [0.5, 0.6) is 0 Å². The lowest BCUT2D eigenvalue weighted by atomic mass is 10.1. The van der Waals surface area contributed by atoms with Crippen LogP contribution in [-0.2, 0) is 9.53 Å². The van der Waals surface area contributed by atoms with E-state index in [9.17, 15) is 9.59 Å². The first kappa shape index (κ1) is 12.0. The van der Waals surface area contributed by atoms with Crippen molar-refractivity contribution < 1.29 is 14.3 Å². The minimum atomic E-state index is -0.383. The minimum Gasteiger partial charge on any atom is -0.468 e. The molecule has 0 saturated carbocycles. The fourth-order valence-electron chi connectivity index (χ4n) is 1.21. The van der Waals surface area contributed by atoms with E-state index < -0.39 is 0 Å². The van der Waals surface area contributed by atoms with Crippen molar-refractivity contribution in [1.29, 1.82) is 0 Å². The molecule has 0 fully saturated rings. The Morgan fingerprint density at radius 3 is 2.62 bits per heavy atom. The average molecular weight is 222 g/mol. The SMILES string of the molecule is CNC(=O)c1ccccc1NCC(=O)OC. The fraction of sp³-hybridized carbons (Fsp3) is 0.273. The Morgan fingerprint density at radius 2 is 2.00 bits per heavy atom. The van der Waals surface area contributed by atoms with Crippen LogP contribution < -0.4 is 10.6 Å². The Hall–Kier alpha value is -2.04. The lowest BCUT2D eigenvalue weighted by Crippen LogP contribution is -2.21. The quantitative estimate of drug-likeness (QED) is 0.733. The second-order valence-electron chi connectivity index (χ2n) is 3.05. The van der Waals surface area contributed by atoms with Gasteiger partial charge >= 0.3 is 5.97 Å². The lowest BCUT2D eigenvalue weighted by Gasteiger charge is -2.09. The van der Waals surface area contributed by atoms with Gasteiger partial charge < -0.3 is 15.4 Å². The van der Waals surface area contributed by atoms with E-state index in [-0.39, 0.29) is 18.4 Å². The van der Waals surface area contributed by atoms with Gasteiger partial charge in [0.1, 0.15) is 6.54 Å². The van der Waals surface area contributed by atoms with E-state index >= 15 is 0 Å². The van der Waals surface area contributed by atoms with Gasteiger partial charge in [0.25, 0.3) is 5.91 Å². The molecule has 1 aromatic carbocycles. The standard InChI is InChI=1S/C11H14N2O3/c1-12-11(15)8-5-3-4-6-9(8)13-7-10(14)16-2/h3-6,13H,7H2,1-2H3,(H,12,15). The number of methoxy groups -OCH3 is 1. The van der Waals surface area contributed by atoms with E-state index in [0.717, 1.165) is 0 Å². The predicted octanol–water partition coefficient (Wildman–Crippen LogP) is 0.631. The molecule has 16 heavy (non-hydrogen) atoms. The number of benzene rings is 1. The molecule has 2 N–H and O–H groups in total. The van der Waals surface area contributed by atoms with E-state index in [2.05, 4.69) is 15.4 Å². The third kappa shape index (κ3) is 2.98. The van der Waals surface area contributed by atoms with Gasteiger partial charge in [0.2, 0.25) is 0 Å². The molecule has 0 bridgehead atoms. The van der Waals surface area contributed by atoms with Gasteiger partial charge in [-0.3, -0.25) is 9.59 Å². The minimum absolute atomic E-state index is 0.0322. The number of anilines is 1. The molecule has 5 nitrogen and oxygen atoms in total. The molecule has 0 aliphatic rings.